The molecule has 0 radical (unpaired) electrons. The number of benzene rings is 1. The lowest BCUT2D eigenvalue weighted by Gasteiger charge is -2.33. The Morgan fingerprint density at radius 1 is 1.36 bits per heavy atom. The first-order valence-electron chi connectivity index (χ1n) is 7.55. The van der Waals surface area contributed by atoms with Gasteiger partial charge in [0.1, 0.15) is 5.75 Å². The fraction of sp³-hybridized carbons (Fsp3) is 0.529. The van der Waals surface area contributed by atoms with Crippen molar-refractivity contribution >= 4 is 11.9 Å². The summed E-state index contributed by atoms with van der Waals surface area (Å²) in [7, 11) is 0. The number of carbonyl (C=O) groups excluding carboxylic acids is 1. The highest BCUT2D eigenvalue weighted by molar-refractivity contribution is 5.95. The third-order valence-corrected chi connectivity index (χ3v) is 3.76. The van der Waals surface area contributed by atoms with Gasteiger partial charge in [-0.25, -0.2) is 0 Å². The molecule has 5 heteroatoms. The van der Waals surface area contributed by atoms with Crippen LogP contribution in [0.2, 0.25) is 0 Å². The SMILES string of the molecule is CCCOc1cccc(C(=O)NC(C)(CC(=O)O)C(C)C)c1. The molecule has 0 saturated heterocycles. The number of hydrogen-bond donors (Lipinski definition) is 2. The third-order valence-electron chi connectivity index (χ3n) is 3.76. The quantitative estimate of drug-likeness (QED) is 0.774. The van der Waals surface area contributed by atoms with E-state index in [2.05, 4.69) is 5.32 Å². The van der Waals surface area contributed by atoms with Crippen molar-refractivity contribution in [2.45, 2.75) is 46.1 Å². The first-order chi connectivity index (χ1) is 10.3. The van der Waals surface area contributed by atoms with Crippen LogP contribution in [-0.4, -0.2) is 29.1 Å². The van der Waals surface area contributed by atoms with E-state index in [0.29, 0.717) is 17.9 Å². The van der Waals surface area contributed by atoms with Crippen LogP contribution < -0.4 is 10.1 Å². The maximum atomic E-state index is 12.4. The number of ether oxygens (including phenoxy) is 1. The van der Waals surface area contributed by atoms with Gasteiger partial charge in [0.25, 0.3) is 5.91 Å². The molecule has 1 unspecified atom stereocenters. The summed E-state index contributed by atoms with van der Waals surface area (Å²) in [4.78, 5) is 23.5. The number of rotatable bonds is 8. The van der Waals surface area contributed by atoms with Gasteiger partial charge in [-0.05, 0) is 37.5 Å². The Bertz CT molecular complexity index is 527. The topological polar surface area (TPSA) is 75.6 Å². The molecule has 0 saturated carbocycles. The average molecular weight is 307 g/mol. The second-order valence-electron chi connectivity index (χ2n) is 5.97. The number of carboxylic acid groups (broad SMARTS) is 1. The molecule has 0 aliphatic heterocycles. The highest BCUT2D eigenvalue weighted by Crippen LogP contribution is 2.22. The van der Waals surface area contributed by atoms with E-state index in [1.165, 1.54) is 0 Å². The largest absolute Gasteiger partial charge is 0.494 e. The molecule has 1 amide bonds. The van der Waals surface area contributed by atoms with E-state index in [9.17, 15) is 9.59 Å². The van der Waals surface area contributed by atoms with Gasteiger partial charge in [0.15, 0.2) is 0 Å². The van der Waals surface area contributed by atoms with Crippen molar-refractivity contribution in [3.8, 4) is 5.75 Å². The molecule has 0 aliphatic carbocycles. The summed E-state index contributed by atoms with van der Waals surface area (Å²) in [5.74, 6) is -0.595. The summed E-state index contributed by atoms with van der Waals surface area (Å²) in [6, 6.07) is 6.91. The average Bonchev–Trinajstić information content (AvgIpc) is 2.44. The lowest BCUT2D eigenvalue weighted by atomic mass is 9.85. The maximum absolute atomic E-state index is 12.4. The second-order valence-corrected chi connectivity index (χ2v) is 5.97. The fourth-order valence-corrected chi connectivity index (χ4v) is 1.99. The lowest BCUT2D eigenvalue weighted by Crippen LogP contribution is -2.51. The molecule has 22 heavy (non-hydrogen) atoms. The maximum Gasteiger partial charge on any atom is 0.305 e. The van der Waals surface area contributed by atoms with Crippen LogP contribution in [0.4, 0.5) is 0 Å². The first kappa shape index (κ1) is 18.0. The molecule has 1 rings (SSSR count). The van der Waals surface area contributed by atoms with Crippen molar-refractivity contribution in [3.63, 3.8) is 0 Å². The molecule has 0 heterocycles. The predicted octanol–water partition coefficient (Wildman–Crippen LogP) is 3.09. The molecule has 2 N–H and O–H groups in total. The molecule has 0 spiro atoms. The molecule has 0 aliphatic rings. The van der Waals surface area contributed by atoms with E-state index in [4.69, 9.17) is 9.84 Å². The summed E-state index contributed by atoms with van der Waals surface area (Å²) in [5.41, 5.74) is -0.339. The van der Waals surface area contributed by atoms with E-state index in [0.717, 1.165) is 6.42 Å². The summed E-state index contributed by atoms with van der Waals surface area (Å²) in [6.45, 7) is 8.14. The summed E-state index contributed by atoms with van der Waals surface area (Å²) >= 11 is 0. The zero-order valence-electron chi connectivity index (χ0n) is 13.7. The van der Waals surface area contributed by atoms with Crippen LogP contribution in [0.3, 0.4) is 0 Å². The standard InChI is InChI=1S/C17H25NO4/c1-5-9-22-14-8-6-7-13(10-14)16(21)18-17(4,12(2)3)11-15(19)20/h6-8,10,12H,5,9,11H2,1-4H3,(H,18,21)(H,19,20). The minimum atomic E-state index is -0.934. The van der Waals surface area contributed by atoms with Gasteiger partial charge in [-0.15, -0.1) is 0 Å². The molecule has 5 nitrogen and oxygen atoms in total. The zero-order valence-corrected chi connectivity index (χ0v) is 13.7. The number of carboxylic acids is 1. The number of carbonyl (C=O) groups is 2. The Labute approximate surface area is 131 Å². The fourth-order valence-electron chi connectivity index (χ4n) is 1.99. The molecule has 1 aromatic carbocycles. The zero-order chi connectivity index (χ0) is 16.8. The highest BCUT2D eigenvalue weighted by atomic mass is 16.5. The molecule has 122 valence electrons. The van der Waals surface area contributed by atoms with Gasteiger partial charge in [-0.1, -0.05) is 26.8 Å². The minimum Gasteiger partial charge on any atom is -0.494 e. The Balaban J connectivity index is 2.88. The highest BCUT2D eigenvalue weighted by Gasteiger charge is 2.33. The van der Waals surface area contributed by atoms with Crippen LogP contribution in [0.15, 0.2) is 24.3 Å². The molecule has 1 atom stereocenters. The van der Waals surface area contributed by atoms with Gasteiger partial charge in [-0.3, -0.25) is 9.59 Å². The van der Waals surface area contributed by atoms with Gasteiger partial charge in [0.2, 0.25) is 0 Å². The number of aliphatic carboxylic acids is 1. The van der Waals surface area contributed by atoms with Crippen molar-refractivity contribution < 1.29 is 19.4 Å². The summed E-state index contributed by atoms with van der Waals surface area (Å²) in [5, 5.41) is 11.9. The second kappa shape index (κ2) is 7.82. The van der Waals surface area contributed by atoms with Crippen LogP contribution in [0.1, 0.15) is 50.9 Å². The van der Waals surface area contributed by atoms with Gasteiger partial charge >= 0.3 is 5.97 Å². The number of hydrogen-bond acceptors (Lipinski definition) is 3. The lowest BCUT2D eigenvalue weighted by molar-refractivity contribution is -0.138. The monoisotopic (exact) mass is 307 g/mol. The molecule has 0 bridgehead atoms. The minimum absolute atomic E-state index is 0.00734. The van der Waals surface area contributed by atoms with Crippen LogP contribution in [0, 0.1) is 5.92 Å². The molecular formula is C17H25NO4. The smallest absolute Gasteiger partial charge is 0.305 e. The molecule has 0 fully saturated rings. The van der Waals surface area contributed by atoms with Crippen molar-refractivity contribution in [2.24, 2.45) is 5.92 Å². The van der Waals surface area contributed by atoms with E-state index >= 15 is 0 Å². The normalized spacial score (nSPS) is 13.5. The van der Waals surface area contributed by atoms with E-state index < -0.39 is 11.5 Å². The van der Waals surface area contributed by atoms with Gasteiger partial charge in [0, 0.05) is 5.56 Å². The van der Waals surface area contributed by atoms with Gasteiger partial charge < -0.3 is 15.2 Å². The summed E-state index contributed by atoms with van der Waals surface area (Å²) in [6.07, 6.45) is 0.767. The van der Waals surface area contributed by atoms with Crippen molar-refractivity contribution in [1.29, 1.82) is 0 Å². The van der Waals surface area contributed by atoms with E-state index in [1.54, 1.807) is 31.2 Å². The predicted molar refractivity (Wildman–Crippen MR) is 85.2 cm³/mol. The Morgan fingerprint density at radius 3 is 2.59 bits per heavy atom. The molecule has 0 aromatic heterocycles. The van der Waals surface area contributed by atoms with Gasteiger partial charge in [-0.2, -0.15) is 0 Å². The van der Waals surface area contributed by atoms with Crippen LogP contribution in [-0.2, 0) is 4.79 Å². The van der Waals surface area contributed by atoms with E-state index in [-0.39, 0.29) is 18.2 Å². The third kappa shape index (κ3) is 5.06. The number of nitrogens with one attached hydrogen (secondary N) is 1. The van der Waals surface area contributed by atoms with Crippen molar-refractivity contribution in [3.05, 3.63) is 29.8 Å². The Morgan fingerprint density at radius 2 is 2.05 bits per heavy atom. The Hall–Kier alpha value is -2.04. The van der Waals surface area contributed by atoms with Crippen LogP contribution in [0.5, 0.6) is 5.75 Å². The van der Waals surface area contributed by atoms with Crippen LogP contribution >= 0.6 is 0 Å². The summed E-state index contributed by atoms with van der Waals surface area (Å²) < 4.78 is 5.51. The molecule has 1 aromatic rings. The Kier molecular flexibility index (Phi) is 6.40. The number of amides is 1. The van der Waals surface area contributed by atoms with Crippen molar-refractivity contribution in [1.82, 2.24) is 5.32 Å². The molecular weight excluding hydrogens is 282 g/mol. The van der Waals surface area contributed by atoms with E-state index in [1.807, 2.05) is 20.8 Å². The first-order valence-corrected chi connectivity index (χ1v) is 7.55. The van der Waals surface area contributed by atoms with Gasteiger partial charge in [0.05, 0.1) is 18.6 Å². The van der Waals surface area contributed by atoms with Crippen molar-refractivity contribution in [2.75, 3.05) is 6.61 Å². The van der Waals surface area contributed by atoms with Crippen LogP contribution in [0.25, 0.3) is 0 Å².